The molecule has 59 heavy (non-hydrogen) atoms. The maximum absolute atomic E-state index is 6.12. The molecule has 12 aromatic rings. The number of hydrogen-bond acceptors (Lipinski definition) is 5. The zero-order valence-electron chi connectivity index (χ0n) is 31.7. The van der Waals surface area contributed by atoms with Gasteiger partial charge in [0, 0.05) is 33.6 Å². The van der Waals surface area contributed by atoms with Crippen molar-refractivity contribution in [1.82, 2.24) is 9.97 Å². The Morgan fingerprint density at radius 3 is 1.73 bits per heavy atom. The highest BCUT2D eigenvalue weighted by molar-refractivity contribution is 6.10. The maximum Gasteiger partial charge on any atom is 0.227 e. The van der Waals surface area contributed by atoms with E-state index in [-0.39, 0.29) is 0 Å². The minimum Gasteiger partial charge on any atom is -0.454 e. The number of oxazole rings is 1. The average Bonchev–Trinajstić information content (AvgIpc) is 3.91. The summed E-state index contributed by atoms with van der Waals surface area (Å²) in [6.07, 6.45) is 0. The topological polar surface area (TPSA) is 55.3 Å². The van der Waals surface area contributed by atoms with Crippen molar-refractivity contribution < 1.29 is 8.83 Å². The molecule has 0 spiro atoms. The molecular weight excluding hydrogens is 723 g/mol. The Morgan fingerprint density at radius 1 is 0.339 bits per heavy atom. The second kappa shape index (κ2) is 13.3. The summed E-state index contributed by atoms with van der Waals surface area (Å²) in [5.74, 6) is 0.602. The Labute approximate surface area is 339 Å². The maximum atomic E-state index is 6.12. The minimum atomic E-state index is 0.602. The number of furan rings is 1. The Hall–Kier alpha value is -8.02. The zero-order chi connectivity index (χ0) is 38.9. The van der Waals surface area contributed by atoms with Crippen LogP contribution in [0.3, 0.4) is 0 Å². The molecule has 3 aromatic heterocycles. The summed E-state index contributed by atoms with van der Waals surface area (Å²) in [6, 6.07) is 70.3. The van der Waals surface area contributed by atoms with Crippen LogP contribution in [0, 0.1) is 0 Å². The highest BCUT2D eigenvalue weighted by Gasteiger charge is 2.17. The van der Waals surface area contributed by atoms with Crippen molar-refractivity contribution in [1.29, 1.82) is 0 Å². The third-order valence-electron chi connectivity index (χ3n) is 11.5. The van der Waals surface area contributed by atoms with Crippen molar-refractivity contribution in [2.24, 2.45) is 0 Å². The van der Waals surface area contributed by atoms with Gasteiger partial charge in [-0.05, 0) is 141 Å². The Bertz CT molecular complexity index is 3530. The Kier molecular flexibility index (Phi) is 7.47. The molecule has 0 saturated carbocycles. The van der Waals surface area contributed by atoms with E-state index in [0.717, 1.165) is 67.1 Å². The van der Waals surface area contributed by atoms with E-state index in [1.54, 1.807) is 0 Å². The fraction of sp³-hybridized carbons (Fsp3) is 0. The van der Waals surface area contributed by atoms with Gasteiger partial charge in [0.25, 0.3) is 0 Å². The zero-order valence-corrected chi connectivity index (χ0v) is 31.7. The molecule has 0 aliphatic heterocycles. The highest BCUT2D eigenvalue weighted by Crippen LogP contribution is 2.40. The highest BCUT2D eigenvalue weighted by atomic mass is 16.3. The van der Waals surface area contributed by atoms with E-state index in [9.17, 15) is 0 Å². The van der Waals surface area contributed by atoms with Crippen LogP contribution in [0.15, 0.2) is 209 Å². The lowest BCUT2D eigenvalue weighted by molar-refractivity contribution is 0.620. The summed E-state index contributed by atoms with van der Waals surface area (Å²) < 4.78 is 12.2. The van der Waals surface area contributed by atoms with Gasteiger partial charge in [-0.15, -0.1) is 0 Å². The molecule has 0 fully saturated rings. The van der Waals surface area contributed by atoms with Crippen LogP contribution in [-0.4, -0.2) is 9.97 Å². The van der Waals surface area contributed by atoms with Crippen LogP contribution in [0.25, 0.3) is 99.3 Å². The molecule has 0 saturated heterocycles. The smallest absolute Gasteiger partial charge is 0.227 e. The molecular formula is C54H33N3O2. The van der Waals surface area contributed by atoms with Crippen molar-refractivity contribution in [2.45, 2.75) is 0 Å². The number of rotatable bonds is 6. The molecule has 0 amide bonds. The van der Waals surface area contributed by atoms with Crippen LogP contribution in [0.2, 0.25) is 0 Å². The lowest BCUT2D eigenvalue weighted by atomic mass is 9.96. The van der Waals surface area contributed by atoms with Gasteiger partial charge in [0.15, 0.2) is 11.2 Å². The summed E-state index contributed by atoms with van der Waals surface area (Å²) >= 11 is 0. The van der Waals surface area contributed by atoms with Gasteiger partial charge in [-0.1, -0.05) is 103 Å². The Morgan fingerprint density at radius 2 is 0.932 bits per heavy atom. The van der Waals surface area contributed by atoms with Crippen molar-refractivity contribution in [3.05, 3.63) is 200 Å². The second-order valence-corrected chi connectivity index (χ2v) is 15.0. The van der Waals surface area contributed by atoms with E-state index in [0.29, 0.717) is 5.89 Å². The molecule has 0 atom stereocenters. The number of aromatic nitrogens is 2. The van der Waals surface area contributed by atoms with Crippen molar-refractivity contribution in [3.8, 4) is 33.8 Å². The number of fused-ring (bicyclic) bond motifs is 8. The monoisotopic (exact) mass is 755 g/mol. The van der Waals surface area contributed by atoms with E-state index in [1.807, 2.05) is 54.6 Å². The van der Waals surface area contributed by atoms with Gasteiger partial charge >= 0.3 is 0 Å². The third-order valence-corrected chi connectivity index (χ3v) is 11.5. The van der Waals surface area contributed by atoms with Crippen molar-refractivity contribution >= 4 is 82.5 Å². The normalized spacial score (nSPS) is 11.7. The molecule has 5 heteroatoms. The van der Waals surface area contributed by atoms with E-state index < -0.39 is 0 Å². The van der Waals surface area contributed by atoms with E-state index in [2.05, 4.69) is 150 Å². The molecule has 0 aliphatic rings. The number of benzene rings is 9. The van der Waals surface area contributed by atoms with Crippen LogP contribution in [-0.2, 0) is 0 Å². The summed E-state index contributed by atoms with van der Waals surface area (Å²) in [6.45, 7) is 0. The van der Waals surface area contributed by atoms with Crippen LogP contribution in [0.5, 0.6) is 0 Å². The van der Waals surface area contributed by atoms with Gasteiger partial charge < -0.3 is 13.7 Å². The molecule has 12 rings (SSSR count). The quantitative estimate of drug-likeness (QED) is 0.158. The number of hydrogen-bond donors (Lipinski definition) is 0. The molecule has 276 valence electrons. The Balaban J connectivity index is 0.934. The number of nitrogens with zero attached hydrogens (tertiary/aromatic N) is 3. The SMILES string of the molecule is c1ccc2cc(-c3ccc4c(ccc5cc(N(c6ccc(-c7ccc8oc9ccccc9c8n7)cc6)c6ccc(-c7nc8ccccc8o7)cc6)ccc54)c3)ccc2c1. The molecule has 0 N–H and O–H groups in total. The van der Waals surface area contributed by atoms with E-state index >= 15 is 0 Å². The average molecular weight is 756 g/mol. The third kappa shape index (κ3) is 5.71. The molecule has 0 bridgehead atoms. The first kappa shape index (κ1) is 33.2. The van der Waals surface area contributed by atoms with Crippen LogP contribution in [0.4, 0.5) is 17.1 Å². The van der Waals surface area contributed by atoms with Crippen molar-refractivity contribution in [2.75, 3.05) is 4.90 Å². The first-order chi connectivity index (χ1) is 29.2. The van der Waals surface area contributed by atoms with Crippen LogP contribution < -0.4 is 4.90 Å². The number of anilines is 3. The van der Waals surface area contributed by atoms with Crippen LogP contribution in [0.1, 0.15) is 0 Å². The fourth-order valence-corrected chi connectivity index (χ4v) is 8.48. The first-order valence-electron chi connectivity index (χ1n) is 19.8. The summed E-state index contributed by atoms with van der Waals surface area (Å²) in [7, 11) is 0. The fourth-order valence-electron chi connectivity index (χ4n) is 8.48. The van der Waals surface area contributed by atoms with Crippen molar-refractivity contribution in [3.63, 3.8) is 0 Å². The second-order valence-electron chi connectivity index (χ2n) is 15.0. The predicted molar refractivity (Wildman–Crippen MR) is 243 cm³/mol. The van der Waals surface area contributed by atoms with Crippen LogP contribution >= 0.6 is 0 Å². The molecule has 0 aliphatic carbocycles. The van der Waals surface area contributed by atoms with Gasteiger partial charge in [0.05, 0.1) is 5.69 Å². The summed E-state index contributed by atoms with van der Waals surface area (Å²) in [5.41, 5.74) is 12.5. The van der Waals surface area contributed by atoms with Gasteiger partial charge in [0.2, 0.25) is 5.89 Å². The molecule has 0 radical (unpaired) electrons. The molecule has 9 aromatic carbocycles. The molecule has 3 heterocycles. The lowest BCUT2D eigenvalue weighted by Crippen LogP contribution is -2.10. The van der Waals surface area contributed by atoms with Gasteiger partial charge in [-0.3, -0.25) is 0 Å². The lowest BCUT2D eigenvalue weighted by Gasteiger charge is -2.26. The van der Waals surface area contributed by atoms with E-state index in [4.69, 9.17) is 18.8 Å². The van der Waals surface area contributed by atoms with Gasteiger partial charge in [-0.2, -0.15) is 0 Å². The number of para-hydroxylation sites is 3. The standard InChI is InChI=1S/C54H33N3O2/c1-2-8-37-31-38(14-13-34(37)7-1)39-21-27-45-40(32-39)15-16-41-33-44(26-28-46(41)45)57(43-24-19-36(20-25-43)54-56-49-10-4-6-12-51(49)59-54)42-22-17-35(18-23-42)48-29-30-52-53(55-48)47-9-3-5-11-50(47)58-52/h1-33H. The first-order valence-corrected chi connectivity index (χ1v) is 19.8. The number of pyridine rings is 1. The molecule has 0 unspecified atom stereocenters. The summed E-state index contributed by atoms with van der Waals surface area (Å²) in [4.78, 5) is 12.1. The largest absolute Gasteiger partial charge is 0.454 e. The summed E-state index contributed by atoms with van der Waals surface area (Å²) in [5, 5.41) is 8.34. The van der Waals surface area contributed by atoms with Gasteiger partial charge in [0.1, 0.15) is 16.6 Å². The van der Waals surface area contributed by atoms with E-state index in [1.165, 1.54) is 43.4 Å². The molecule has 5 nitrogen and oxygen atoms in total. The predicted octanol–water partition coefficient (Wildman–Crippen LogP) is 15.1. The minimum absolute atomic E-state index is 0.602. The van der Waals surface area contributed by atoms with Gasteiger partial charge in [-0.25, -0.2) is 9.97 Å².